The predicted molar refractivity (Wildman–Crippen MR) is 101 cm³/mol. The van der Waals surface area contributed by atoms with Gasteiger partial charge in [0.25, 0.3) is 10.0 Å². The third-order valence-electron chi connectivity index (χ3n) is 4.67. The fourth-order valence-corrected chi connectivity index (χ4v) is 4.51. The second kappa shape index (κ2) is 8.64. The van der Waals surface area contributed by atoms with Gasteiger partial charge in [-0.25, -0.2) is 8.42 Å². The standard InChI is InChI=1S/C18H26N4O3S/c23-17(22-13-6-10-19-12-14-22)9-2-1-5-11-20-18-15-7-3-4-8-16(15)26(24,25)21-18/h3-4,7-8,19H,1-2,5-6,9-14H2,(H,20,21). The Morgan fingerprint density at radius 1 is 1.12 bits per heavy atom. The van der Waals surface area contributed by atoms with Crippen molar-refractivity contribution in [3.05, 3.63) is 29.8 Å². The lowest BCUT2D eigenvalue weighted by Gasteiger charge is -2.19. The molecule has 1 saturated heterocycles. The molecule has 0 aromatic heterocycles. The Morgan fingerprint density at radius 2 is 1.96 bits per heavy atom. The van der Waals surface area contributed by atoms with Crippen LogP contribution in [0.1, 0.15) is 37.7 Å². The summed E-state index contributed by atoms with van der Waals surface area (Å²) in [6.07, 6.45) is 4.17. The molecule has 0 radical (unpaired) electrons. The average molecular weight is 378 g/mol. The van der Waals surface area contributed by atoms with E-state index in [-0.39, 0.29) is 10.8 Å². The van der Waals surface area contributed by atoms with Gasteiger partial charge >= 0.3 is 0 Å². The summed E-state index contributed by atoms with van der Waals surface area (Å²) in [5.74, 6) is 0.659. The minimum atomic E-state index is -3.46. The van der Waals surface area contributed by atoms with Gasteiger partial charge in [-0.05, 0) is 37.9 Å². The zero-order valence-corrected chi connectivity index (χ0v) is 15.7. The third-order valence-corrected chi connectivity index (χ3v) is 6.07. The first kappa shape index (κ1) is 18.8. The number of sulfonamides is 1. The lowest BCUT2D eigenvalue weighted by atomic mass is 10.1. The number of rotatable bonds is 6. The number of nitrogens with zero attached hydrogens (tertiary/aromatic N) is 2. The Balaban J connectivity index is 1.41. The number of aliphatic imine (C=N–C) groups is 1. The Morgan fingerprint density at radius 3 is 2.85 bits per heavy atom. The van der Waals surface area contributed by atoms with Crippen LogP contribution in [0.5, 0.6) is 0 Å². The van der Waals surface area contributed by atoms with Crippen LogP contribution in [-0.4, -0.2) is 57.8 Å². The highest BCUT2D eigenvalue weighted by Gasteiger charge is 2.29. The summed E-state index contributed by atoms with van der Waals surface area (Å²) < 4.78 is 26.5. The number of carbonyl (C=O) groups excluding carboxylic acids is 1. The number of hydrogen-bond acceptors (Lipinski definition) is 5. The highest BCUT2D eigenvalue weighted by atomic mass is 32.2. The van der Waals surface area contributed by atoms with Crippen LogP contribution in [0.15, 0.2) is 34.2 Å². The molecule has 3 rings (SSSR count). The Labute approximate surface area is 154 Å². The van der Waals surface area contributed by atoms with E-state index in [9.17, 15) is 13.2 Å². The van der Waals surface area contributed by atoms with Gasteiger partial charge in [0.05, 0.1) is 4.90 Å². The van der Waals surface area contributed by atoms with Gasteiger partial charge in [-0.15, -0.1) is 0 Å². The van der Waals surface area contributed by atoms with E-state index >= 15 is 0 Å². The highest BCUT2D eigenvalue weighted by Crippen LogP contribution is 2.22. The zero-order chi connectivity index (χ0) is 18.4. The van der Waals surface area contributed by atoms with Crippen molar-refractivity contribution in [1.82, 2.24) is 14.9 Å². The van der Waals surface area contributed by atoms with E-state index in [0.717, 1.165) is 51.9 Å². The molecule has 8 heteroatoms. The summed E-state index contributed by atoms with van der Waals surface area (Å²) in [6, 6.07) is 6.86. The molecule has 26 heavy (non-hydrogen) atoms. The number of amidine groups is 1. The summed E-state index contributed by atoms with van der Waals surface area (Å²) >= 11 is 0. The van der Waals surface area contributed by atoms with Gasteiger partial charge in [0, 0.05) is 38.2 Å². The normalized spacial score (nSPS) is 20.5. The number of fused-ring (bicyclic) bond motifs is 1. The second-order valence-corrected chi connectivity index (χ2v) is 8.28. The molecule has 0 unspecified atom stereocenters. The number of unbranched alkanes of at least 4 members (excludes halogenated alkanes) is 2. The Hall–Kier alpha value is -1.93. The van der Waals surface area contributed by atoms with Gasteiger partial charge in [0.2, 0.25) is 5.91 Å². The van der Waals surface area contributed by atoms with Gasteiger partial charge in [-0.2, -0.15) is 0 Å². The molecule has 0 atom stereocenters. The van der Waals surface area contributed by atoms with E-state index in [1.807, 2.05) is 4.90 Å². The van der Waals surface area contributed by atoms with E-state index in [4.69, 9.17) is 0 Å². The Bertz CT molecular complexity index is 768. The van der Waals surface area contributed by atoms with Gasteiger partial charge in [0.1, 0.15) is 5.84 Å². The molecule has 2 aliphatic heterocycles. The predicted octanol–water partition coefficient (Wildman–Crippen LogP) is 1.11. The number of carbonyl (C=O) groups is 1. The monoisotopic (exact) mass is 378 g/mol. The van der Waals surface area contributed by atoms with E-state index in [1.165, 1.54) is 0 Å². The van der Waals surface area contributed by atoms with Crippen molar-refractivity contribution in [2.75, 3.05) is 32.7 Å². The molecular weight excluding hydrogens is 352 g/mol. The molecular formula is C18H26N4O3S. The molecule has 1 aromatic rings. The van der Waals surface area contributed by atoms with Crippen molar-refractivity contribution in [3.8, 4) is 0 Å². The van der Waals surface area contributed by atoms with E-state index in [2.05, 4.69) is 15.0 Å². The van der Waals surface area contributed by atoms with E-state index < -0.39 is 10.0 Å². The lowest BCUT2D eigenvalue weighted by Crippen LogP contribution is -2.33. The first-order chi connectivity index (χ1) is 12.6. The summed E-state index contributed by atoms with van der Waals surface area (Å²) in [5, 5.41) is 3.30. The Kier molecular flexibility index (Phi) is 6.26. The second-order valence-electron chi connectivity index (χ2n) is 6.63. The average Bonchev–Trinajstić information content (AvgIpc) is 2.82. The lowest BCUT2D eigenvalue weighted by molar-refractivity contribution is -0.131. The zero-order valence-electron chi connectivity index (χ0n) is 14.9. The van der Waals surface area contributed by atoms with Gasteiger partial charge in [-0.1, -0.05) is 18.6 Å². The van der Waals surface area contributed by atoms with Crippen LogP contribution in [0.3, 0.4) is 0 Å². The smallest absolute Gasteiger partial charge is 0.263 e. The molecule has 1 amide bonds. The van der Waals surface area contributed by atoms with Crippen molar-refractivity contribution in [2.45, 2.75) is 37.0 Å². The molecule has 0 bridgehead atoms. The van der Waals surface area contributed by atoms with Crippen LogP contribution in [0.4, 0.5) is 0 Å². The quantitative estimate of drug-likeness (QED) is 0.726. The van der Waals surface area contributed by atoms with Crippen molar-refractivity contribution >= 4 is 21.8 Å². The van der Waals surface area contributed by atoms with Crippen molar-refractivity contribution in [3.63, 3.8) is 0 Å². The maximum atomic E-state index is 12.2. The number of amides is 1. The summed E-state index contributed by atoms with van der Waals surface area (Å²) in [5.41, 5.74) is 0.637. The van der Waals surface area contributed by atoms with Crippen LogP contribution in [0, 0.1) is 0 Å². The molecule has 2 aliphatic rings. The van der Waals surface area contributed by atoms with Gasteiger partial charge in [-0.3, -0.25) is 14.5 Å². The van der Waals surface area contributed by atoms with Crippen LogP contribution in [0.25, 0.3) is 0 Å². The molecule has 1 fully saturated rings. The van der Waals surface area contributed by atoms with Crippen LogP contribution < -0.4 is 10.0 Å². The molecule has 2 N–H and O–H groups in total. The molecule has 142 valence electrons. The fourth-order valence-electron chi connectivity index (χ4n) is 3.26. The van der Waals surface area contributed by atoms with Crippen LogP contribution in [-0.2, 0) is 14.8 Å². The number of benzene rings is 1. The first-order valence-electron chi connectivity index (χ1n) is 9.23. The van der Waals surface area contributed by atoms with Crippen molar-refractivity contribution in [1.29, 1.82) is 0 Å². The minimum Gasteiger partial charge on any atom is -0.341 e. The molecule has 0 saturated carbocycles. The molecule has 0 aliphatic carbocycles. The highest BCUT2D eigenvalue weighted by molar-refractivity contribution is 7.90. The molecule has 1 aromatic carbocycles. The van der Waals surface area contributed by atoms with Crippen LogP contribution in [0.2, 0.25) is 0 Å². The topological polar surface area (TPSA) is 90.9 Å². The van der Waals surface area contributed by atoms with Crippen molar-refractivity contribution < 1.29 is 13.2 Å². The van der Waals surface area contributed by atoms with E-state index in [0.29, 0.717) is 24.4 Å². The van der Waals surface area contributed by atoms with Gasteiger partial charge < -0.3 is 10.2 Å². The van der Waals surface area contributed by atoms with E-state index in [1.54, 1.807) is 24.3 Å². The number of nitrogens with one attached hydrogen (secondary N) is 2. The van der Waals surface area contributed by atoms with Crippen LogP contribution >= 0.6 is 0 Å². The van der Waals surface area contributed by atoms with Crippen molar-refractivity contribution in [2.24, 2.45) is 4.99 Å². The molecule has 2 heterocycles. The largest absolute Gasteiger partial charge is 0.341 e. The summed E-state index contributed by atoms with van der Waals surface area (Å²) in [6.45, 7) is 4.05. The molecule has 0 spiro atoms. The number of hydrogen-bond donors (Lipinski definition) is 2. The SMILES string of the molecule is O=C(CCCCCN=C1NS(=O)(=O)c2ccccc21)N1CCCNCC1. The third kappa shape index (κ3) is 4.62. The minimum absolute atomic E-state index is 0.234. The van der Waals surface area contributed by atoms with Gasteiger partial charge in [0.15, 0.2) is 0 Å². The fraction of sp³-hybridized carbons (Fsp3) is 0.556. The molecule has 7 nitrogen and oxygen atoms in total. The summed E-state index contributed by atoms with van der Waals surface area (Å²) in [4.78, 5) is 18.8. The maximum Gasteiger partial charge on any atom is 0.263 e. The first-order valence-corrected chi connectivity index (χ1v) is 10.7. The maximum absolute atomic E-state index is 12.2. The summed E-state index contributed by atoms with van der Waals surface area (Å²) in [7, 11) is -3.46.